The molecule has 0 radical (unpaired) electrons. The summed E-state index contributed by atoms with van der Waals surface area (Å²) in [5, 5.41) is 0. The largest absolute Gasteiger partial charge is 1.00 e. The molecule has 0 N–H and O–H groups in total. The van der Waals surface area contributed by atoms with Gasteiger partial charge >= 0.3 is 118 Å². The van der Waals surface area contributed by atoms with Crippen LogP contribution in [-0.4, -0.2) is 0 Å². The molecule has 5 heteroatoms. The van der Waals surface area contributed by atoms with Crippen molar-refractivity contribution < 1.29 is 118 Å². The molecule has 8 valence electrons. The van der Waals surface area contributed by atoms with Crippen LogP contribution in [0.5, 0.6) is 0 Å². The second-order valence-corrected chi connectivity index (χ2v) is 0. The Morgan fingerprint density at radius 1 is 0.400 bits per heavy atom. The van der Waals surface area contributed by atoms with Crippen LogP contribution in [0.25, 0.3) is 0 Å². The maximum atomic E-state index is 0. The Hall–Kier alpha value is 4.35. The third-order valence-corrected chi connectivity index (χ3v) is 0. The van der Waals surface area contributed by atoms with Gasteiger partial charge in [-0.3, -0.25) is 0 Å². The normalized spacial score (nSPS) is 0. The summed E-state index contributed by atoms with van der Waals surface area (Å²) in [4.78, 5) is 0. The molecule has 0 aliphatic rings. The molecule has 0 heterocycles. The van der Waals surface area contributed by atoms with Crippen molar-refractivity contribution in [2.45, 2.75) is 0 Å². The molecule has 5 heavy (non-hydrogen) atoms. The Balaban J connectivity index is 0. The fraction of sp³-hybridized carbons (Fsp3) is 0. The maximum Gasteiger partial charge on any atom is 1.00 e. The van der Waals surface area contributed by atoms with Gasteiger partial charge in [0.15, 0.2) is 0 Å². The average Bonchev–Trinajstić information content (AvgIpc) is 0. The molecule has 0 aromatic heterocycles. The smallest absolute Gasteiger partial charge is 0.197 e. The first-order valence-corrected chi connectivity index (χ1v) is 0. The van der Waals surface area contributed by atoms with E-state index in [1.807, 2.05) is 0 Å². The summed E-state index contributed by atoms with van der Waals surface area (Å²) in [7, 11) is 0. The second kappa shape index (κ2) is 23.8. The van der Waals surface area contributed by atoms with Gasteiger partial charge in [-0.1, -0.05) is 0 Å². The van der Waals surface area contributed by atoms with Crippen molar-refractivity contribution in [1.29, 1.82) is 0 Å². The Morgan fingerprint density at radius 2 is 0.400 bits per heavy atom. The van der Waals surface area contributed by atoms with Crippen LogP contribution in [0.4, 0.5) is 0 Å². The number of hydrogen-bond acceptors (Lipinski definition) is 0. The maximum absolute atomic E-state index is 0. The van der Waals surface area contributed by atoms with Gasteiger partial charge < -0.3 is 0 Å². The molecule has 0 aliphatic carbocycles. The first-order valence-electron chi connectivity index (χ1n) is 0. The Bertz CT molecular complexity index is 3.61. The zero-order valence-electron chi connectivity index (χ0n) is 4.50. The van der Waals surface area contributed by atoms with Crippen molar-refractivity contribution >= 4 is 13.5 Å². The Kier molecular flexibility index (Phi) is 164. The fourth-order valence-corrected chi connectivity index (χ4v) is 0. The molecular weight excluding hydrogens is 124 g/mol. The zero-order chi connectivity index (χ0) is 0. The van der Waals surface area contributed by atoms with Gasteiger partial charge in [0.25, 0.3) is 0 Å². The van der Waals surface area contributed by atoms with E-state index < -0.39 is 0 Å². The van der Waals surface area contributed by atoms with E-state index in [2.05, 4.69) is 0 Å². The van der Waals surface area contributed by atoms with Gasteiger partial charge in [0.05, 0.1) is 0 Å². The molecule has 0 spiro atoms. The average molecular weight is 126 g/mol. The summed E-state index contributed by atoms with van der Waals surface area (Å²) >= 11 is 0. The third-order valence-electron chi connectivity index (χ3n) is 0. The van der Waals surface area contributed by atoms with E-state index in [1.54, 1.807) is 0 Å². The summed E-state index contributed by atoms with van der Waals surface area (Å²) in [5.74, 6) is 0. The van der Waals surface area contributed by atoms with Crippen LogP contribution in [-0.2, 0) is 0 Å². The van der Waals surface area contributed by atoms with E-state index in [-0.39, 0.29) is 132 Å². The molecule has 0 nitrogen and oxygen atoms in total. The van der Waals surface area contributed by atoms with Crippen LogP contribution in [0.3, 0.4) is 0 Å². The predicted octanol–water partition coefficient (Wildman–Crippen LogP) is -11.9. The molecule has 0 saturated heterocycles. The van der Waals surface area contributed by atoms with E-state index in [0.717, 1.165) is 0 Å². The molecule has 0 unspecified atom stereocenters. The molecule has 0 atom stereocenters. The van der Waals surface area contributed by atoms with E-state index in [4.69, 9.17) is 0 Å². The van der Waals surface area contributed by atoms with Crippen molar-refractivity contribution in [1.82, 2.24) is 0 Å². The summed E-state index contributed by atoms with van der Waals surface area (Å²) in [6.07, 6.45) is 0. The molecule has 0 saturated carbocycles. The van der Waals surface area contributed by atoms with Crippen molar-refractivity contribution in [2.24, 2.45) is 0 Å². The molecule has 0 bridgehead atoms. The van der Waals surface area contributed by atoms with E-state index in [9.17, 15) is 0 Å². The first kappa shape index (κ1) is 34.5. The summed E-state index contributed by atoms with van der Waals surface area (Å²) in [6.45, 7) is 0. The topological polar surface area (TPSA) is 0 Å². The minimum atomic E-state index is 0. The number of hydrogen-bond donors (Lipinski definition) is 0. The van der Waals surface area contributed by atoms with Crippen LogP contribution < -0.4 is 118 Å². The van der Waals surface area contributed by atoms with Gasteiger partial charge in [-0.15, -0.1) is 0 Å². The zero-order valence-corrected chi connectivity index (χ0v) is 13.5. The first-order chi connectivity index (χ1) is 0. The van der Waals surface area contributed by atoms with Crippen LogP contribution in [0.1, 0.15) is 0 Å². The van der Waals surface area contributed by atoms with Gasteiger partial charge in [0, 0.05) is 0 Å². The molecule has 0 aromatic rings. The summed E-state index contributed by atoms with van der Waals surface area (Å²) in [5.41, 5.74) is 0. The summed E-state index contributed by atoms with van der Waals surface area (Å²) < 4.78 is 0. The Morgan fingerprint density at radius 3 is 0.400 bits per heavy atom. The van der Waals surface area contributed by atoms with Gasteiger partial charge in [0.1, 0.15) is 0 Å². The molecule has 0 rings (SSSR count). The van der Waals surface area contributed by atoms with Crippen molar-refractivity contribution in [3.8, 4) is 0 Å². The quantitative estimate of drug-likeness (QED) is 0.283. The standard InChI is InChI=1S/4Na.H2S/h;;;;1H2/q4*+1;. The van der Waals surface area contributed by atoms with Crippen molar-refractivity contribution in [3.05, 3.63) is 0 Å². The molecular formula is H2Na4S+4. The fourth-order valence-electron chi connectivity index (χ4n) is 0. The minimum Gasteiger partial charge on any atom is -0.197 e. The van der Waals surface area contributed by atoms with Crippen LogP contribution >= 0.6 is 13.5 Å². The predicted molar refractivity (Wildman–Crippen MR) is 10.4 cm³/mol. The number of rotatable bonds is 0. The van der Waals surface area contributed by atoms with Crippen molar-refractivity contribution in [2.75, 3.05) is 0 Å². The molecule has 0 aliphatic heterocycles. The van der Waals surface area contributed by atoms with Crippen LogP contribution in [0.15, 0.2) is 0 Å². The van der Waals surface area contributed by atoms with Crippen LogP contribution in [0, 0.1) is 0 Å². The SMILES string of the molecule is S.[Na+].[Na+].[Na+].[Na+]. The third kappa shape index (κ3) is 17.8. The van der Waals surface area contributed by atoms with Gasteiger partial charge in [0.2, 0.25) is 0 Å². The van der Waals surface area contributed by atoms with E-state index in [0.29, 0.717) is 0 Å². The molecule has 0 aromatic carbocycles. The Labute approximate surface area is 128 Å². The van der Waals surface area contributed by atoms with Gasteiger partial charge in [-0.05, 0) is 0 Å². The van der Waals surface area contributed by atoms with Gasteiger partial charge in [-0.25, -0.2) is 0 Å². The molecule has 0 amide bonds. The van der Waals surface area contributed by atoms with Gasteiger partial charge in [-0.2, -0.15) is 13.5 Å². The summed E-state index contributed by atoms with van der Waals surface area (Å²) in [6, 6.07) is 0. The van der Waals surface area contributed by atoms with Crippen LogP contribution in [0.2, 0.25) is 0 Å². The van der Waals surface area contributed by atoms with Crippen molar-refractivity contribution in [3.63, 3.8) is 0 Å². The second-order valence-electron chi connectivity index (χ2n) is 0. The minimum absolute atomic E-state index is 0. The molecule has 0 fully saturated rings. The monoisotopic (exact) mass is 126 g/mol. The van der Waals surface area contributed by atoms with E-state index >= 15 is 0 Å². The van der Waals surface area contributed by atoms with E-state index in [1.165, 1.54) is 0 Å².